The van der Waals surface area contributed by atoms with Crippen LogP contribution in [-0.2, 0) is 76.7 Å². The second kappa shape index (κ2) is 46.1. The lowest BCUT2D eigenvalue weighted by Gasteiger charge is -2.22. The highest BCUT2D eigenvalue weighted by atomic mass is 16.6. The van der Waals surface area contributed by atoms with E-state index in [0.29, 0.717) is 55.9 Å². The molecule has 0 unspecified atom stereocenters. The van der Waals surface area contributed by atoms with Gasteiger partial charge in [0.25, 0.3) is 0 Å². The number of carboxylic acid groups (broad SMARTS) is 6. The topological polar surface area (TPSA) is 654 Å². The number of hydrogen-bond acceptors (Lipinski definition) is 24. The van der Waals surface area contributed by atoms with Crippen molar-refractivity contribution in [1.82, 2.24) is 4.98 Å². The number of aliphatic hydroxyl groups excluding tert-OH is 1. The van der Waals surface area contributed by atoms with Crippen molar-refractivity contribution in [3.05, 3.63) is 102 Å². The summed E-state index contributed by atoms with van der Waals surface area (Å²) in [6.07, 6.45) is 10.1. The fourth-order valence-corrected chi connectivity index (χ4v) is 7.85. The van der Waals surface area contributed by atoms with E-state index in [4.69, 9.17) is 108 Å². The highest BCUT2D eigenvalue weighted by Gasteiger charge is 2.25. The lowest BCUT2D eigenvalue weighted by atomic mass is 9.85. The Kier molecular flexibility index (Phi) is 41.6. The Morgan fingerprint density at radius 3 is 1.56 bits per heavy atom. The van der Waals surface area contributed by atoms with Crippen LogP contribution in [0.25, 0.3) is 10.9 Å². The molecular formula is C60H93N13O20. The molecule has 0 spiro atoms. The van der Waals surface area contributed by atoms with Crippen LogP contribution in [0.5, 0.6) is 5.75 Å². The van der Waals surface area contributed by atoms with Gasteiger partial charge in [-0.3, -0.25) is 43.3 Å². The van der Waals surface area contributed by atoms with Crippen LogP contribution in [0.15, 0.2) is 90.1 Å². The predicted octanol–water partition coefficient (Wildman–Crippen LogP) is -1.45. The minimum absolute atomic E-state index is 0.0704. The van der Waals surface area contributed by atoms with E-state index >= 15 is 0 Å². The smallest absolute Gasteiger partial charge is 0.330 e. The summed E-state index contributed by atoms with van der Waals surface area (Å²) in [6.45, 7) is 3.26. The van der Waals surface area contributed by atoms with Crippen molar-refractivity contribution in [3.63, 3.8) is 0 Å². The Bertz CT molecular complexity index is 2960. The number of aliphatic hydroxyl groups is 1. The molecule has 518 valence electrons. The summed E-state index contributed by atoms with van der Waals surface area (Å²) in [4.78, 5) is 115. The summed E-state index contributed by atoms with van der Waals surface area (Å²) in [5.74, 6) is -8.74. The average Bonchev–Trinajstić information content (AvgIpc) is 1.73. The third-order valence-electron chi connectivity index (χ3n) is 13.0. The van der Waals surface area contributed by atoms with Gasteiger partial charge in [-0.05, 0) is 85.3 Å². The molecule has 1 saturated carbocycles. The molecule has 33 nitrogen and oxygen atoms in total. The predicted molar refractivity (Wildman–Crippen MR) is 340 cm³/mol. The number of carbonyl (C=O) groups is 10. The number of aromatic amines is 1. The van der Waals surface area contributed by atoms with E-state index in [1.807, 2.05) is 74.6 Å². The van der Waals surface area contributed by atoms with Crippen LogP contribution in [0.4, 0.5) is 0 Å². The average molecular weight is 1320 g/mol. The number of benzene rings is 3. The molecule has 3 aromatic carbocycles. The Balaban J connectivity index is 0.00000114. The normalized spacial score (nSPS) is 14.5. The Hall–Kier alpha value is -9.03. The van der Waals surface area contributed by atoms with Crippen LogP contribution in [0.1, 0.15) is 94.7 Å². The van der Waals surface area contributed by atoms with E-state index < -0.39 is 134 Å². The van der Waals surface area contributed by atoms with Crippen molar-refractivity contribution in [3.8, 4) is 5.75 Å². The number of nitrogens with one attached hydrogen (secondary N) is 1. The van der Waals surface area contributed by atoms with Gasteiger partial charge in [-0.25, -0.2) is 9.59 Å². The lowest BCUT2D eigenvalue weighted by Crippen LogP contribution is -2.40. The summed E-state index contributed by atoms with van der Waals surface area (Å²) in [5, 5.41) is 59.9. The first-order valence-corrected chi connectivity index (χ1v) is 29.2. The van der Waals surface area contributed by atoms with Crippen molar-refractivity contribution < 1.29 is 97.9 Å². The van der Waals surface area contributed by atoms with Gasteiger partial charge < -0.3 is 118 Å². The monoisotopic (exact) mass is 1320 g/mol. The van der Waals surface area contributed by atoms with Gasteiger partial charge in [0.1, 0.15) is 66.7 Å². The Morgan fingerprint density at radius 2 is 1.05 bits per heavy atom. The van der Waals surface area contributed by atoms with Crippen LogP contribution in [0.2, 0.25) is 0 Å². The van der Waals surface area contributed by atoms with E-state index in [9.17, 15) is 47.9 Å². The summed E-state index contributed by atoms with van der Waals surface area (Å²) in [5.41, 5.74) is 62.3. The maximum atomic E-state index is 11.9. The van der Waals surface area contributed by atoms with Crippen molar-refractivity contribution in [2.45, 2.75) is 152 Å². The minimum atomic E-state index is -1.42. The van der Waals surface area contributed by atoms with Crippen molar-refractivity contribution in [2.75, 3.05) is 19.8 Å². The number of rotatable bonds is 29. The van der Waals surface area contributed by atoms with Crippen LogP contribution in [0.3, 0.4) is 0 Å². The summed E-state index contributed by atoms with van der Waals surface area (Å²) < 4.78 is 14.4. The maximum Gasteiger partial charge on any atom is 0.330 e. The molecule has 1 heterocycles. The number of ether oxygens (including phenoxy) is 3. The first-order chi connectivity index (χ1) is 43.6. The molecule has 93 heavy (non-hydrogen) atoms. The van der Waals surface area contributed by atoms with Crippen LogP contribution in [0, 0.1) is 11.8 Å². The van der Waals surface area contributed by atoms with Gasteiger partial charge in [0.15, 0.2) is 5.96 Å². The quantitative estimate of drug-likeness (QED) is 0.00739. The molecule has 0 bridgehead atoms. The number of aliphatic carboxylic acids is 6. The van der Waals surface area contributed by atoms with Gasteiger partial charge in [-0.15, -0.1) is 0 Å². The molecule has 9 atom stereocenters. The van der Waals surface area contributed by atoms with Gasteiger partial charge in [-0.2, -0.15) is 0 Å². The lowest BCUT2D eigenvalue weighted by molar-refractivity contribution is -0.162. The second-order valence-corrected chi connectivity index (χ2v) is 21.6. The molecule has 0 saturated heterocycles. The zero-order chi connectivity index (χ0) is 70.9. The number of nitrogens with two attached hydrogens (primary N) is 11. The van der Waals surface area contributed by atoms with Crippen molar-refractivity contribution in [1.29, 1.82) is 0 Å². The van der Waals surface area contributed by atoms with Gasteiger partial charge in [-0.1, -0.05) is 107 Å². The first-order valence-electron chi connectivity index (χ1n) is 29.2. The standard InChI is InChI=1S/C18H27N3O6.C11H12N2O2.C10H19N5O5.C9H17NO2.C9H11NO2.C3H7NO3/c1-10(2)7-13(19)18(25)27-12-5-3-11(4-6-12)8-14(20)17(24)26-9-15(21)16(22)23;12-9(11(14)15)5-7-6-13-10-4-2-1-3-8(7)10;11-5(2-1-3-15-10(13)14)9(19)20-7(16)4-6(12)8(17)18;2*10-8(9(11)12)6-7-4-2-1-3-5-7;4-2(1-5)3(6)7/h3-6,10,13-15H,7-9,19-21H2,1-2H3,(H,22,23);1-4,6,9,13H,5,12H2,(H,14,15);5-6H,1-4,11-12H2,(H,17,18)(H4,13,14,15);7-8H,1-6,10H2,(H,11,12);1-5,8H,6,10H2,(H,11,12);2,5H,1,4H2,(H,6,7)/t13-,14-,15+;9-;5-,6+;2*8-;2-/m001000/s1. The summed E-state index contributed by atoms with van der Waals surface area (Å²) in [7, 11) is 0. The number of esters is 4. The zero-order valence-electron chi connectivity index (χ0n) is 52.0. The number of para-hydroxylation sites is 1. The molecule has 1 aromatic heterocycles. The van der Waals surface area contributed by atoms with Crippen LogP contribution < -0.4 is 67.8 Å². The van der Waals surface area contributed by atoms with Crippen molar-refractivity contribution >= 4 is 76.6 Å². The molecule has 0 radical (unpaired) electrons. The molecule has 4 aromatic rings. The molecule has 0 aliphatic heterocycles. The minimum Gasteiger partial charge on any atom is -0.480 e. The van der Waals surface area contributed by atoms with Crippen LogP contribution >= 0.6 is 0 Å². The second-order valence-electron chi connectivity index (χ2n) is 21.6. The third-order valence-corrected chi connectivity index (χ3v) is 13.0. The number of guanidine groups is 1. The molecule has 1 aliphatic rings. The largest absolute Gasteiger partial charge is 0.480 e. The van der Waals surface area contributed by atoms with Gasteiger partial charge in [0.05, 0.1) is 13.0 Å². The number of H-pyrrole nitrogens is 1. The summed E-state index contributed by atoms with van der Waals surface area (Å²) in [6, 6.07) is 14.8. The Morgan fingerprint density at radius 1 is 0.548 bits per heavy atom. The zero-order valence-corrected chi connectivity index (χ0v) is 52.0. The fraction of sp³-hybridized carbons (Fsp3) is 0.483. The molecule has 33 heteroatoms. The number of nitrogens with zero attached hydrogens (tertiary/aromatic N) is 1. The highest BCUT2D eigenvalue weighted by Crippen LogP contribution is 2.27. The molecular weight excluding hydrogens is 1220 g/mol. The van der Waals surface area contributed by atoms with Gasteiger partial charge in [0, 0.05) is 30.1 Å². The number of aliphatic imine (C=N–C) groups is 1. The van der Waals surface area contributed by atoms with Gasteiger partial charge >= 0.3 is 59.7 Å². The van der Waals surface area contributed by atoms with Crippen LogP contribution in [-0.4, -0.2) is 181 Å². The van der Waals surface area contributed by atoms with E-state index in [2.05, 4.69) is 14.7 Å². The first kappa shape index (κ1) is 84.0. The number of carboxylic acids is 6. The maximum absolute atomic E-state index is 11.9. The third kappa shape index (κ3) is 38.4. The van der Waals surface area contributed by atoms with E-state index in [0.717, 1.165) is 22.0 Å². The number of hydrogen-bond donors (Lipinski definition) is 19. The van der Waals surface area contributed by atoms with Crippen molar-refractivity contribution in [2.24, 2.45) is 79.9 Å². The SMILES string of the molecule is CC(C)C[C@H](N)C(=O)Oc1ccc(C[C@H](N)C(=O)OC[C@@H](N)C(=O)O)cc1.NC(N)=NCCC[C@@H](N)C(=O)OC(=O)C[C@H](N)C(=O)O.N[C@@H](CC1CCCCC1)C(=O)O.N[C@@H](CO)C(=O)O.N[C@@H](Cc1c[nH]c2ccccc12)C(=O)O.N[C@@H](Cc1ccccc1)C(=O)O. The van der Waals surface area contributed by atoms with E-state index in [-0.39, 0.29) is 24.7 Å². The molecule has 5 rings (SSSR count). The highest BCUT2D eigenvalue weighted by molar-refractivity contribution is 5.91. The molecule has 1 fully saturated rings. The molecule has 30 N–H and O–H groups in total. The summed E-state index contributed by atoms with van der Waals surface area (Å²) >= 11 is 0. The number of aromatic nitrogens is 1. The van der Waals surface area contributed by atoms with Gasteiger partial charge in [0.2, 0.25) is 0 Å². The molecule has 1 aliphatic carbocycles. The van der Waals surface area contributed by atoms with E-state index in [1.54, 1.807) is 24.3 Å². The van der Waals surface area contributed by atoms with E-state index in [1.165, 1.54) is 32.1 Å². The fourth-order valence-electron chi connectivity index (χ4n) is 7.85. The number of fused-ring (bicyclic) bond motifs is 1. The molecule has 0 amide bonds. The number of carbonyl (C=O) groups excluding carboxylic acids is 4. The Labute approximate surface area is 536 Å².